The van der Waals surface area contributed by atoms with Crippen molar-refractivity contribution in [2.24, 2.45) is 0 Å². The van der Waals surface area contributed by atoms with E-state index in [0.717, 1.165) is 24.8 Å². The van der Waals surface area contributed by atoms with E-state index in [9.17, 15) is 13.2 Å². The third kappa shape index (κ3) is 4.62. The first kappa shape index (κ1) is 21.3. The maximum absolute atomic E-state index is 13.0. The van der Waals surface area contributed by atoms with Crippen LogP contribution in [0.25, 0.3) is 0 Å². The highest BCUT2D eigenvalue weighted by Crippen LogP contribution is 2.30. The van der Waals surface area contributed by atoms with Gasteiger partial charge >= 0.3 is 0 Å². The summed E-state index contributed by atoms with van der Waals surface area (Å²) in [5.41, 5.74) is 2.52. The Hall–Kier alpha value is -2.38. The lowest BCUT2D eigenvalue weighted by Gasteiger charge is -2.19. The van der Waals surface area contributed by atoms with Crippen molar-refractivity contribution in [3.05, 3.63) is 59.2 Å². The zero-order valence-corrected chi connectivity index (χ0v) is 18.0. The summed E-state index contributed by atoms with van der Waals surface area (Å²) in [6.07, 6.45) is 2.65. The van der Waals surface area contributed by atoms with Gasteiger partial charge in [-0.1, -0.05) is 31.2 Å². The number of hydrogen-bond acceptors (Lipinski definition) is 4. The van der Waals surface area contributed by atoms with Gasteiger partial charge in [0.2, 0.25) is 10.0 Å². The second-order valence-electron chi connectivity index (χ2n) is 7.27. The minimum Gasteiger partial charge on any atom is -0.495 e. The molecule has 0 spiro atoms. The maximum Gasteiger partial charge on any atom is 0.251 e. The van der Waals surface area contributed by atoms with Gasteiger partial charge in [0.1, 0.15) is 10.6 Å². The summed E-state index contributed by atoms with van der Waals surface area (Å²) in [4.78, 5) is 12.8. The molecule has 0 aromatic heterocycles. The fourth-order valence-electron chi connectivity index (χ4n) is 3.49. The molecule has 0 saturated carbocycles. The van der Waals surface area contributed by atoms with Crippen LogP contribution in [0.4, 0.5) is 0 Å². The molecule has 3 rings (SSSR count). The van der Waals surface area contributed by atoms with Crippen LogP contribution in [0.1, 0.15) is 54.2 Å². The van der Waals surface area contributed by atoms with Gasteiger partial charge in [0.05, 0.1) is 13.2 Å². The van der Waals surface area contributed by atoms with Gasteiger partial charge in [0, 0.05) is 18.7 Å². The lowest BCUT2D eigenvalue weighted by atomic mass is 10.0. The number of carbonyl (C=O) groups is 1. The van der Waals surface area contributed by atoms with E-state index >= 15 is 0 Å². The molecule has 1 atom stereocenters. The second-order valence-corrected chi connectivity index (χ2v) is 9.17. The molecule has 1 fully saturated rings. The predicted octanol–water partition coefficient (Wildman–Crippen LogP) is 3.53. The molecule has 1 amide bonds. The molecular formula is C22H28N2O4S. The number of ether oxygens (including phenoxy) is 1. The number of benzene rings is 2. The van der Waals surface area contributed by atoms with Crippen LogP contribution in [0.2, 0.25) is 0 Å². The van der Waals surface area contributed by atoms with Crippen LogP contribution in [0.15, 0.2) is 47.4 Å². The van der Waals surface area contributed by atoms with Crippen molar-refractivity contribution in [1.29, 1.82) is 0 Å². The number of nitrogens with one attached hydrogen (secondary N) is 1. The molecule has 1 aliphatic rings. The monoisotopic (exact) mass is 416 g/mol. The Morgan fingerprint density at radius 2 is 1.79 bits per heavy atom. The number of hydrogen-bond donors (Lipinski definition) is 1. The van der Waals surface area contributed by atoms with Crippen LogP contribution in [-0.2, 0) is 16.4 Å². The number of aryl methyl sites for hydroxylation is 1. The first-order valence-electron chi connectivity index (χ1n) is 9.94. The Labute approximate surface area is 172 Å². The van der Waals surface area contributed by atoms with E-state index in [1.807, 2.05) is 31.2 Å². The number of sulfonamides is 1. The smallest absolute Gasteiger partial charge is 0.251 e. The van der Waals surface area contributed by atoms with Crippen LogP contribution in [0.5, 0.6) is 5.75 Å². The van der Waals surface area contributed by atoms with Crippen molar-refractivity contribution >= 4 is 15.9 Å². The largest absolute Gasteiger partial charge is 0.495 e. The number of nitrogens with zero attached hydrogens (tertiary/aromatic N) is 1. The summed E-state index contributed by atoms with van der Waals surface area (Å²) in [5, 5.41) is 2.95. The molecule has 1 aliphatic heterocycles. The highest BCUT2D eigenvalue weighted by Gasteiger charge is 2.30. The minimum atomic E-state index is -3.70. The molecule has 6 nitrogen and oxygen atoms in total. The Morgan fingerprint density at radius 3 is 2.38 bits per heavy atom. The van der Waals surface area contributed by atoms with Crippen molar-refractivity contribution < 1.29 is 17.9 Å². The Kier molecular flexibility index (Phi) is 6.59. The van der Waals surface area contributed by atoms with Crippen LogP contribution in [0.3, 0.4) is 0 Å². The average Bonchev–Trinajstić information content (AvgIpc) is 3.29. The number of carbonyl (C=O) groups excluding carboxylic acids is 1. The van der Waals surface area contributed by atoms with E-state index in [0.29, 0.717) is 18.7 Å². The molecule has 1 heterocycles. The van der Waals surface area contributed by atoms with Crippen LogP contribution in [-0.4, -0.2) is 38.8 Å². The van der Waals surface area contributed by atoms with Gasteiger partial charge in [-0.15, -0.1) is 0 Å². The standard InChI is InChI=1S/C22H28N2O4S/c1-4-17-7-9-18(10-8-17)16(2)23-22(25)19-11-12-20(28-3)21(15-19)29(26,27)24-13-5-6-14-24/h7-12,15-16H,4-6,13-14H2,1-3H3,(H,23,25)/t16-/m0/s1. The molecule has 2 aromatic carbocycles. The lowest BCUT2D eigenvalue weighted by molar-refractivity contribution is 0.0939. The summed E-state index contributed by atoms with van der Waals surface area (Å²) in [7, 11) is -2.27. The fraction of sp³-hybridized carbons (Fsp3) is 0.409. The molecule has 2 aromatic rings. The molecule has 1 N–H and O–H groups in total. The molecule has 7 heteroatoms. The van der Waals surface area contributed by atoms with Gasteiger partial charge in [-0.25, -0.2) is 8.42 Å². The number of rotatable bonds is 7. The molecular weight excluding hydrogens is 388 g/mol. The van der Waals surface area contributed by atoms with Crippen molar-refractivity contribution in [2.75, 3.05) is 20.2 Å². The Morgan fingerprint density at radius 1 is 1.14 bits per heavy atom. The molecule has 0 radical (unpaired) electrons. The highest BCUT2D eigenvalue weighted by atomic mass is 32.2. The third-order valence-electron chi connectivity index (χ3n) is 5.34. The van der Waals surface area contributed by atoms with E-state index in [1.165, 1.54) is 23.0 Å². The zero-order chi connectivity index (χ0) is 21.0. The van der Waals surface area contributed by atoms with E-state index in [1.54, 1.807) is 12.1 Å². The fourth-order valence-corrected chi connectivity index (χ4v) is 5.19. The first-order valence-corrected chi connectivity index (χ1v) is 11.4. The molecule has 0 aliphatic carbocycles. The van der Waals surface area contributed by atoms with Gasteiger partial charge in [0.25, 0.3) is 5.91 Å². The highest BCUT2D eigenvalue weighted by molar-refractivity contribution is 7.89. The predicted molar refractivity (Wildman–Crippen MR) is 113 cm³/mol. The molecule has 1 saturated heterocycles. The van der Waals surface area contributed by atoms with Gasteiger partial charge in [-0.3, -0.25) is 4.79 Å². The Balaban J connectivity index is 1.83. The normalized spacial score (nSPS) is 15.8. The number of methoxy groups -OCH3 is 1. The topological polar surface area (TPSA) is 75.7 Å². The van der Waals surface area contributed by atoms with Crippen molar-refractivity contribution in [3.63, 3.8) is 0 Å². The lowest BCUT2D eigenvalue weighted by Crippen LogP contribution is -2.29. The van der Waals surface area contributed by atoms with E-state index in [4.69, 9.17) is 4.74 Å². The molecule has 29 heavy (non-hydrogen) atoms. The molecule has 0 unspecified atom stereocenters. The van der Waals surface area contributed by atoms with Gasteiger partial charge in [0.15, 0.2) is 0 Å². The third-order valence-corrected chi connectivity index (χ3v) is 7.26. The SMILES string of the molecule is CCc1ccc([C@H](C)NC(=O)c2ccc(OC)c(S(=O)(=O)N3CCCC3)c2)cc1. The Bertz CT molecular complexity index is 965. The zero-order valence-electron chi connectivity index (χ0n) is 17.1. The van der Waals surface area contributed by atoms with Crippen molar-refractivity contribution in [1.82, 2.24) is 9.62 Å². The van der Waals surface area contributed by atoms with E-state index in [2.05, 4.69) is 12.2 Å². The van der Waals surface area contributed by atoms with Crippen LogP contribution >= 0.6 is 0 Å². The van der Waals surface area contributed by atoms with Gasteiger partial charge < -0.3 is 10.1 Å². The average molecular weight is 417 g/mol. The van der Waals surface area contributed by atoms with Crippen molar-refractivity contribution in [3.8, 4) is 5.75 Å². The van der Waals surface area contributed by atoms with Crippen LogP contribution < -0.4 is 10.1 Å². The maximum atomic E-state index is 13.0. The minimum absolute atomic E-state index is 0.0366. The second kappa shape index (κ2) is 8.97. The quantitative estimate of drug-likeness (QED) is 0.749. The van der Waals surface area contributed by atoms with Gasteiger partial charge in [-0.2, -0.15) is 4.31 Å². The van der Waals surface area contributed by atoms with E-state index < -0.39 is 10.0 Å². The van der Waals surface area contributed by atoms with Crippen molar-refractivity contribution in [2.45, 2.75) is 44.0 Å². The summed E-state index contributed by atoms with van der Waals surface area (Å²) in [5.74, 6) is -0.0748. The number of amides is 1. The summed E-state index contributed by atoms with van der Waals surface area (Å²) in [6.45, 7) is 4.99. The summed E-state index contributed by atoms with van der Waals surface area (Å²) < 4.78 is 32.7. The summed E-state index contributed by atoms with van der Waals surface area (Å²) in [6, 6.07) is 12.4. The first-order chi connectivity index (χ1) is 13.9. The molecule has 156 valence electrons. The summed E-state index contributed by atoms with van der Waals surface area (Å²) >= 11 is 0. The molecule has 0 bridgehead atoms. The van der Waals surface area contributed by atoms with Gasteiger partial charge in [-0.05, 0) is 55.5 Å². The van der Waals surface area contributed by atoms with E-state index in [-0.39, 0.29) is 22.6 Å². The van der Waals surface area contributed by atoms with Crippen LogP contribution in [0, 0.1) is 0 Å².